The number of rotatable bonds is 25. The van der Waals surface area contributed by atoms with E-state index in [1.807, 2.05) is 0 Å². The van der Waals surface area contributed by atoms with Gasteiger partial charge in [0.25, 0.3) is 0 Å². The fourth-order valence-corrected chi connectivity index (χ4v) is 3.80. The average molecular weight is 475 g/mol. The van der Waals surface area contributed by atoms with Gasteiger partial charge in [-0.3, -0.25) is 4.79 Å². The Bertz CT molecular complexity index is 417. The molecule has 0 rings (SSSR count). The molecule has 0 heterocycles. The van der Waals surface area contributed by atoms with Crippen LogP contribution >= 0.6 is 0 Å². The van der Waals surface area contributed by atoms with Crippen molar-refractivity contribution in [2.24, 2.45) is 5.92 Å². The van der Waals surface area contributed by atoms with Crippen molar-refractivity contribution in [2.45, 2.75) is 135 Å². The number of aliphatic hydroxyl groups is 3. The summed E-state index contributed by atoms with van der Waals surface area (Å²) in [7, 11) is 0. The van der Waals surface area contributed by atoms with Gasteiger partial charge in [-0.05, 0) is 12.3 Å². The third kappa shape index (κ3) is 22.8. The lowest BCUT2D eigenvalue weighted by atomic mass is 9.99. The second-order valence-electron chi connectivity index (χ2n) is 9.66. The largest absolute Gasteiger partial charge is 0.463 e. The number of hydrogen-bond acceptors (Lipinski definition) is 6. The van der Waals surface area contributed by atoms with Gasteiger partial charge in [0.05, 0.1) is 19.8 Å². The molecule has 198 valence electrons. The minimum Gasteiger partial charge on any atom is -0.463 e. The van der Waals surface area contributed by atoms with E-state index >= 15 is 0 Å². The zero-order valence-electron chi connectivity index (χ0n) is 21.6. The number of hydrogen-bond donors (Lipinski definition) is 3. The summed E-state index contributed by atoms with van der Waals surface area (Å²) in [5, 5.41) is 27.2. The number of carbonyl (C=O) groups is 1. The Balaban J connectivity index is 3.34. The van der Waals surface area contributed by atoms with Crippen molar-refractivity contribution in [3.8, 4) is 0 Å². The van der Waals surface area contributed by atoms with Gasteiger partial charge in [0.1, 0.15) is 18.8 Å². The van der Waals surface area contributed by atoms with Crippen molar-refractivity contribution in [3.63, 3.8) is 0 Å². The predicted molar refractivity (Wildman–Crippen MR) is 134 cm³/mol. The molecule has 0 spiro atoms. The molecular weight excluding hydrogens is 420 g/mol. The van der Waals surface area contributed by atoms with Crippen LogP contribution in [0, 0.1) is 5.92 Å². The predicted octanol–water partition coefficient (Wildman–Crippen LogP) is 5.55. The molecule has 0 aromatic carbocycles. The SMILES string of the molecule is CCC(C)CCCCCCCCCCCCCCCCC(=O)OCC(CO)OCC(O)CO. The highest BCUT2D eigenvalue weighted by Gasteiger charge is 2.13. The summed E-state index contributed by atoms with van der Waals surface area (Å²) in [5.74, 6) is 0.619. The summed E-state index contributed by atoms with van der Waals surface area (Å²) in [4.78, 5) is 11.8. The van der Waals surface area contributed by atoms with E-state index in [4.69, 9.17) is 14.6 Å². The van der Waals surface area contributed by atoms with Gasteiger partial charge in [-0.25, -0.2) is 0 Å². The Morgan fingerprint density at radius 2 is 1.21 bits per heavy atom. The van der Waals surface area contributed by atoms with Crippen LogP contribution in [-0.4, -0.2) is 59.9 Å². The monoisotopic (exact) mass is 474 g/mol. The van der Waals surface area contributed by atoms with Crippen LogP contribution in [0.25, 0.3) is 0 Å². The van der Waals surface area contributed by atoms with Crippen molar-refractivity contribution >= 4 is 5.97 Å². The standard InChI is InChI=1S/C27H54O6/c1-3-24(2)18-16-14-12-10-8-6-4-5-7-9-11-13-15-17-19-27(31)33-23-26(21-29)32-22-25(30)20-28/h24-26,28-30H,3-23H2,1-2H3. The Kier molecular flexibility index (Phi) is 23.9. The summed E-state index contributed by atoms with van der Waals surface area (Å²) < 4.78 is 10.3. The van der Waals surface area contributed by atoms with Crippen LogP contribution < -0.4 is 0 Å². The van der Waals surface area contributed by atoms with Crippen molar-refractivity contribution < 1.29 is 29.6 Å². The molecule has 0 radical (unpaired) electrons. The molecule has 3 unspecified atom stereocenters. The third-order valence-corrected chi connectivity index (χ3v) is 6.39. The highest BCUT2D eigenvalue weighted by atomic mass is 16.6. The van der Waals surface area contributed by atoms with Gasteiger partial charge in [0, 0.05) is 6.42 Å². The van der Waals surface area contributed by atoms with Gasteiger partial charge in [0.15, 0.2) is 0 Å². The first kappa shape index (κ1) is 32.3. The first-order chi connectivity index (χ1) is 16.0. The summed E-state index contributed by atoms with van der Waals surface area (Å²) in [6.07, 6.45) is 19.5. The molecule has 0 saturated heterocycles. The van der Waals surface area contributed by atoms with Crippen LogP contribution in [0.15, 0.2) is 0 Å². The Morgan fingerprint density at radius 1 is 0.727 bits per heavy atom. The Labute approximate surface area is 203 Å². The highest BCUT2D eigenvalue weighted by molar-refractivity contribution is 5.69. The van der Waals surface area contributed by atoms with Crippen LogP contribution in [-0.2, 0) is 14.3 Å². The summed E-state index contributed by atoms with van der Waals surface area (Å²) in [6.45, 7) is 3.81. The van der Waals surface area contributed by atoms with Crippen molar-refractivity contribution in [2.75, 3.05) is 26.4 Å². The first-order valence-electron chi connectivity index (χ1n) is 13.7. The summed E-state index contributed by atoms with van der Waals surface area (Å²) in [6, 6.07) is 0. The van der Waals surface area contributed by atoms with E-state index in [0.717, 1.165) is 25.2 Å². The molecule has 3 N–H and O–H groups in total. The topological polar surface area (TPSA) is 96.2 Å². The van der Waals surface area contributed by atoms with E-state index < -0.39 is 18.8 Å². The third-order valence-electron chi connectivity index (χ3n) is 6.39. The minimum absolute atomic E-state index is 0.0360. The molecule has 3 atom stereocenters. The zero-order valence-corrected chi connectivity index (χ0v) is 21.6. The molecule has 6 heteroatoms. The molecule has 0 amide bonds. The van der Waals surface area contributed by atoms with E-state index in [0.29, 0.717) is 6.42 Å². The van der Waals surface area contributed by atoms with E-state index in [1.165, 1.54) is 83.5 Å². The number of aliphatic hydroxyl groups excluding tert-OH is 3. The Hall–Kier alpha value is -0.690. The van der Waals surface area contributed by atoms with Gasteiger partial charge < -0.3 is 24.8 Å². The number of carbonyl (C=O) groups excluding carboxylic acids is 1. The fourth-order valence-electron chi connectivity index (χ4n) is 3.80. The summed E-state index contributed by atoms with van der Waals surface area (Å²) >= 11 is 0. The lowest BCUT2D eigenvalue weighted by Crippen LogP contribution is -2.30. The van der Waals surface area contributed by atoms with Gasteiger partial charge in [-0.15, -0.1) is 0 Å². The maximum Gasteiger partial charge on any atom is 0.305 e. The molecule has 0 aromatic heterocycles. The van der Waals surface area contributed by atoms with Crippen molar-refractivity contribution in [3.05, 3.63) is 0 Å². The zero-order chi connectivity index (χ0) is 24.6. The van der Waals surface area contributed by atoms with Crippen LogP contribution in [0.5, 0.6) is 0 Å². The molecule has 0 aliphatic rings. The molecule has 0 aromatic rings. The minimum atomic E-state index is -0.992. The molecule has 6 nitrogen and oxygen atoms in total. The maximum absolute atomic E-state index is 11.8. The molecule has 0 aliphatic heterocycles. The van der Waals surface area contributed by atoms with Crippen LogP contribution in [0.2, 0.25) is 0 Å². The van der Waals surface area contributed by atoms with Gasteiger partial charge in [-0.2, -0.15) is 0 Å². The smallest absolute Gasteiger partial charge is 0.305 e. The molecule has 0 fully saturated rings. The van der Waals surface area contributed by atoms with E-state index in [1.54, 1.807) is 0 Å². The van der Waals surface area contributed by atoms with Gasteiger partial charge >= 0.3 is 5.97 Å². The first-order valence-corrected chi connectivity index (χ1v) is 13.7. The van der Waals surface area contributed by atoms with Gasteiger partial charge in [0.2, 0.25) is 0 Å². The number of esters is 1. The van der Waals surface area contributed by atoms with E-state index in [9.17, 15) is 15.0 Å². The highest BCUT2D eigenvalue weighted by Crippen LogP contribution is 2.16. The van der Waals surface area contributed by atoms with E-state index in [2.05, 4.69) is 13.8 Å². The molecule has 33 heavy (non-hydrogen) atoms. The molecular formula is C27H54O6. The number of ether oxygens (including phenoxy) is 2. The van der Waals surface area contributed by atoms with Crippen LogP contribution in [0.4, 0.5) is 0 Å². The van der Waals surface area contributed by atoms with Crippen LogP contribution in [0.1, 0.15) is 123 Å². The Morgan fingerprint density at radius 3 is 1.67 bits per heavy atom. The lowest BCUT2D eigenvalue weighted by Gasteiger charge is -2.17. The number of unbranched alkanes of at least 4 members (excludes halogenated alkanes) is 13. The molecule has 0 bridgehead atoms. The maximum atomic E-state index is 11.8. The van der Waals surface area contributed by atoms with Crippen molar-refractivity contribution in [1.82, 2.24) is 0 Å². The fraction of sp³-hybridized carbons (Fsp3) is 0.963. The quantitative estimate of drug-likeness (QED) is 0.119. The van der Waals surface area contributed by atoms with E-state index in [-0.39, 0.29) is 25.8 Å². The van der Waals surface area contributed by atoms with Crippen LogP contribution in [0.3, 0.4) is 0 Å². The van der Waals surface area contributed by atoms with Gasteiger partial charge in [-0.1, -0.05) is 110 Å². The lowest BCUT2D eigenvalue weighted by molar-refractivity contribution is -0.150. The molecule has 0 saturated carbocycles. The van der Waals surface area contributed by atoms with Crippen molar-refractivity contribution in [1.29, 1.82) is 0 Å². The normalized spacial score (nSPS) is 14.2. The second-order valence-corrected chi connectivity index (χ2v) is 9.66. The second kappa shape index (κ2) is 24.4. The summed E-state index contributed by atoms with van der Waals surface area (Å²) in [5.41, 5.74) is 0. The molecule has 0 aliphatic carbocycles. The average Bonchev–Trinajstić information content (AvgIpc) is 2.83.